The van der Waals surface area contributed by atoms with Crippen molar-refractivity contribution < 1.29 is 27.5 Å². The minimum absolute atomic E-state index is 0.0575. The lowest BCUT2D eigenvalue weighted by Crippen LogP contribution is -2.40. The van der Waals surface area contributed by atoms with Gasteiger partial charge in [-0.3, -0.25) is 4.79 Å². The average molecular weight is 447 g/mol. The standard InChI is InChI=1S/C22H26N2O6S/c1-4-30-22(26)18-6-5-7-20(16(18)3)23-21(25)19-14-17(9-8-15(19)2)31(27,28)24-10-12-29-13-11-24/h5-9,14H,4,10-13H2,1-3H3,(H,23,25). The maximum absolute atomic E-state index is 13.0. The molecule has 1 N–H and O–H groups in total. The third-order valence-corrected chi connectivity index (χ3v) is 7.03. The van der Waals surface area contributed by atoms with E-state index in [0.29, 0.717) is 35.6 Å². The molecule has 0 saturated carbocycles. The third-order valence-electron chi connectivity index (χ3n) is 5.14. The predicted molar refractivity (Wildman–Crippen MR) is 116 cm³/mol. The minimum Gasteiger partial charge on any atom is -0.462 e. The summed E-state index contributed by atoms with van der Waals surface area (Å²) in [5.41, 5.74) is 2.27. The van der Waals surface area contributed by atoms with Crippen LogP contribution in [-0.4, -0.2) is 57.5 Å². The number of nitrogens with zero attached hydrogens (tertiary/aromatic N) is 1. The Bertz CT molecular complexity index is 1090. The second-order valence-electron chi connectivity index (χ2n) is 7.15. The number of carbonyl (C=O) groups excluding carboxylic acids is 2. The van der Waals surface area contributed by atoms with Gasteiger partial charge in [0.15, 0.2) is 0 Å². The van der Waals surface area contributed by atoms with Crippen molar-refractivity contribution >= 4 is 27.6 Å². The van der Waals surface area contributed by atoms with Gasteiger partial charge in [0, 0.05) is 24.3 Å². The Balaban J connectivity index is 1.88. The minimum atomic E-state index is -3.73. The van der Waals surface area contributed by atoms with Gasteiger partial charge in [-0.25, -0.2) is 13.2 Å². The van der Waals surface area contributed by atoms with Crippen molar-refractivity contribution in [2.24, 2.45) is 0 Å². The van der Waals surface area contributed by atoms with Gasteiger partial charge < -0.3 is 14.8 Å². The number of ether oxygens (including phenoxy) is 2. The number of sulfonamides is 1. The molecule has 2 aromatic carbocycles. The van der Waals surface area contributed by atoms with E-state index >= 15 is 0 Å². The summed E-state index contributed by atoms with van der Waals surface area (Å²) >= 11 is 0. The van der Waals surface area contributed by atoms with Crippen molar-refractivity contribution in [2.75, 3.05) is 38.2 Å². The highest BCUT2D eigenvalue weighted by Gasteiger charge is 2.27. The Kier molecular flexibility index (Phi) is 7.09. The quantitative estimate of drug-likeness (QED) is 0.685. The van der Waals surface area contributed by atoms with Crippen LogP contribution in [0.3, 0.4) is 0 Å². The van der Waals surface area contributed by atoms with E-state index in [9.17, 15) is 18.0 Å². The lowest BCUT2D eigenvalue weighted by Gasteiger charge is -2.26. The molecule has 0 bridgehead atoms. The summed E-state index contributed by atoms with van der Waals surface area (Å²) in [6.45, 7) is 6.66. The number of morpholine rings is 1. The first kappa shape index (κ1) is 22.9. The maximum Gasteiger partial charge on any atom is 0.338 e. The van der Waals surface area contributed by atoms with Crippen molar-refractivity contribution in [1.29, 1.82) is 0 Å². The summed E-state index contributed by atoms with van der Waals surface area (Å²) in [5.74, 6) is -0.925. The second-order valence-corrected chi connectivity index (χ2v) is 9.08. The fraction of sp³-hybridized carbons (Fsp3) is 0.364. The van der Waals surface area contributed by atoms with E-state index in [1.54, 1.807) is 45.0 Å². The normalized spacial score (nSPS) is 14.8. The molecule has 0 aromatic heterocycles. The number of nitrogens with one attached hydrogen (secondary N) is 1. The molecule has 166 valence electrons. The van der Waals surface area contributed by atoms with E-state index in [0.717, 1.165) is 0 Å². The van der Waals surface area contributed by atoms with Crippen LogP contribution in [-0.2, 0) is 19.5 Å². The number of esters is 1. The summed E-state index contributed by atoms with van der Waals surface area (Å²) in [5, 5.41) is 2.79. The first-order valence-electron chi connectivity index (χ1n) is 10.0. The van der Waals surface area contributed by atoms with Crippen LogP contribution in [0.4, 0.5) is 5.69 Å². The van der Waals surface area contributed by atoms with E-state index < -0.39 is 21.9 Å². The molecule has 0 spiro atoms. The Morgan fingerprint density at radius 3 is 2.48 bits per heavy atom. The number of amides is 1. The summed E-state index contributed by atoms with van der Waals surface area (Å²) in [7, 11) is -3.73. The topological polar surface area (TPSA) is 102 Å². The Hall–Kier alpha value is -2.75. The number of rotatable bonds is 6. The van der Waals surface area contributed by atoms with Gasteiger partial charge in [-0.05, 0) is 56.2 Å². The van der Waals surface area contributed by atoms with Crippen LogP contribution in [0.1, 0.15) is 38.8 Å². The van der Waals surface area contributed by atoms with Gasteiger partial charge in [-0.15, -0.1) is 0 Å². The molecule has 1 aliphatic rings. The highest BCUT2D eigenvalue weighted by Crippen LogP contribution is 2.24. The lowest BCUT2D eigenvalue weighted by atomic mass is 10.1. The van der Waals surface area contributed by atoms with Gasteiger partial charge in [0.1, 0.15) is 0 Å². The fourth-order valence-electron chi connectivity index (χ4n) is 3.33. The van der Waals surface area contributed by atoms with E-state index in [4.69, 9.17) is 9.47 Å². The molecule has 0 radical (unpaired) electrons. The van der Waals surface area contributed by atoms with Gasteiger partial charge in [-0.2, -0.15) is 4.31 Å². The largest absolute Gasteiger partial charge is 0.462 e. The summed E-state index contributed by atoms with van der Waals surface area (Å²) in [6.07, 6.45) is 0. The Morgan fingerprint density at radius 2 is 1.81 bits per heavy atom. The molecule has 0 unspecified atom stereocenters. The second kappa shape index (κ2) is 9.59. The van der Waals surface area contributed by atoms with Crippen LogP contribution in [0.25, 0.3) is 0 Å². The smallest absolute Gasteiger partial charge is 0.338 e. The summed E-state index contributed by atoms with van der Waals surface area (Å²) in [4.78, 5) is 25.2. The van der Waals surface area contributed by atoms with Crippen molar-refractivity contribution in [2.45, 2.75) is 25.7 Å². The van der Waals surface area contributed by atoms with E-state index in [1.165, 1.54) is 16.4 Å². The predicted octanol–water partition coefficient (Wildman–Crippen LogP) is 2.75. The van der Waals surface area contributed by atoms with Crippen LogP contribution in [0, 0.1) is 13.8 Å². The average Bonchev–Trinajstić information content (AvgIpc) is 2.76. The third kappa shape index (κ3) is 4.95. The highest BCUT2D eigenvalue weighted by molar-refractivity contribution is 7.89. The monoisotopic (exact) mass is 446 g/mol. The number of carbonyl (C=O) groups is 2. The van der Waals surface area contributed by atoms with E-state index in [-0.39, 0.29) is 30.2 Å². The molecule has 0 atom stereocenters. The van der Waals surface area contributed by atoms with Crippen LogP contribution < -0.4 is 5.32 Å². The first-order chi connectivity index (χ1) is 14.8. The molecule has 1 amide bonds. The number of hydrogen-bond acceptors (Lipinski definition) is 6. The van der Waals surface area contributed by atoms with E-state index in [1.807, 2.05) is 0 Å². The Morgan fingerprint density at radius 1 is 1.10 bits per heavy atom. The van der Waals surface area contributed by atoms with Gasteiger partial charge in [0.25, 0.3) is 5.91 Å². The maximum atomic E-state index is 13.0. The SMILES string of the molecule is CCOC(=O)c1cccc(NC(=O)c2cc(S(=O)(=O)N3CCOCC3)ccc2C)c1C. The van der Waals surface area contributed by atoms with Gasteiger partial charge in [-0.1, -0.05) is 12.1 Å². The molecule has 31 heavy (non-hydrogen) atoms. The number of benzene rings is 2. The molecular formula is C22H26N2O6S. The van der Waals surface area contributed by atoms with Gasteiger partial charge in [0.05, 0.1) is 30.3 Å². The number of anilines is 1. The molecular weight excluding hydrogens is 420 g/mol. The molecule has 2 aromatic rings. The van der Waals surface area contributed by atoms with Crippen molar-refractivity contribution in [3.8, 4) is 0 Å². The molecule has 1 saturated heterocycles. The van der Waals surface area contributed by atoms with Crippen LogP contribution in [0.15, 0.2) is 41.3 Å². The zero-order chi connectivity index (χ0) is 22.6. The molecule has 9 heteroatoms. The van der Waals surface area contributed by atoms with Crippen molar-refractivity contribution in [3.63, 3.8) is 0 Å². The van der Waals surface area contributed by atoms with E-state index in [2.05, 4.69) is 5.32 Å². The zero-order valence-corrected chi connectivity index (χ0v) is 18.6. The fourth-order valence-corrected chi connectivity index (χ4v) is 4.77. The molecule has 3 rings (SSSR count). The van der Waals surface area contributed by atoms with Crippen LogP contribution in [0.2, 0.25) is 0 Å². The first-order valence-corrected chi connectivity index (χ1v) is 11.5. The van der Waals surface area contributed by atoms with Crippen LogP contribution >= 0.6 is 0 Å². The highest BCUT2D eigenvalue weighted by atomic mass is 32.2. The number of hydrogen-bond donors (Lipinski definition) is 1. The van der Waals surface area contributed by atoms with Gasteiger partial charge >= 0.3 is 5.97 Å². The van der Waals surface area contributed by atoms with Gasteiger partial charge in [0.2, 0.25) is 10.0 Å². The molecule has 8 nitrogen and oxygen atoms in total. The van der Waals surface area contributed by atoms with Crippen molar-refractivity contribution in [3.05, 3.63) is 58.7 Å². The molecule has 1 fully saturated rings. The van der Waals surface area contributed by atoms with Crippen molar-refractivity contribution in [1.82, 2.24) is 4.31 Å². The zero-order valence-electron chi connectivity index (χ0n) is 17.8. The number of aryl methyl sites for hydroxylation is 1. The summed E-state index contributed by atoms with van der Waals surface area (Å²) in [6, 6.07) is 9.47. The Labute approximate surface area is 182 Å². The lowest BCUT2D eigenvalue weighted by molar-refractivity contribution is 0.0525. The molecule has 0 aliphatic carbocycles. The van der Waals surface area contributed by atoms with Crippen LogP contribution in [0.5, 0.6) is 0 Å². The molecule has 1 heterocycles. The molecule has 1 aliphatic heterocycles. The summed E-state index contributed by atoms with van der Waals surface area (Å²) < 4.78 is 37.5.